The highest BCUT2D eigenvalue weighted by molar-refractivity contribution is 14.0. The molecular weight excluding hydrogens is 367 g/mol. The number of likely N-dealkylation sites (N-methyl/N-ethyl adjacent to an activating group) is 1. The molecule has 0 aromatic carbocycles. The summed E-state index contributed by atoms with van der Waals surface area (Å²) in [5, 5.41) is 3.11. The van der Waals surface area contributed by atoms with Gasteiger partial charge in [-0.15, -0.1) is 24.0 Å². The maximum atomic E-state index is 11.6. The van der Waals surface area contributed by atoms with Crippen molar-refractivity contribution in [2.24, 2.45) is 10.9 Å². The van der Waals surface area contributed by atoms with E-state index in [4.69, 9.17) is 0 Å². The van der Waals surface area contributed by atoms with E-state index in [1.54, 1.807) is 26.0 Å². The molecule has 0 fully saturated rings. The van der Waals surface area contributed by atoms with Crippen LogP contribution in [0.25, 0.3) is 0 Å². The molecule has 0 bridgehead atoms. The zero-order valence-electron chi connectivity index (χ0n) is 12.9. The summed E-state index contributed by atoms with van der Waals surface area (Å²) in [6.07, 6.45) is 8.04. The highest BCUT2D eigenvalue weighted by Crippen LogP contribution is 2.18. The second-order valence-corrected chi connectivity index (χ2v) is 5.22. The first-order valence-corrected chi connectivity index (χ1v) is 6.81. The van der Waals surface area contributed by atoms with Gasteiger partial charge in [0.15, 0.2) is 5.96 Å². The molecule has 1 unspecified atom stereocenters. The average Bonchev–Trinajstić information content (AvgIpc) is 2.40. The lowest BCUT2D eigenvalue weighted by Crippen LogP contribution is -2.45. The van der Waals surface area contributed by atoms with E-state index in [1.807, 2.05) is 7.05 Å². The molecule has 0 saturated carbocycles. The third-order valence-electron chi connectivity index (χ3n) is 3.38. The van der Waals surface area contributed by atoms with Crippen molar-refractivity contribution in [3.63, 3.8) is 0 Å². The fraction of sp³-hybridized carbons (Fsp3) is 0.714. The number of halogens is 1. The van der Waals surface area contributed by atoms with E-state index >= 15 is 0 Å². The Labute approximate surface area is 139 Å². The normalized spacial score (nSPS) is 18.2. The molecule has 5 nitrogen and oxygen atoms in total. The number of nitrogens with one attached hydrogen (secondary N) is 1. The Kier molecular flexibility index (Phi) is 9.62. The van der Waals surface area contributed by atoms with Gasteiger partial charge in [0.2, 0.25) is 5.91 Å². The number of carbonyl (C=O) groups is 1. The molecule has 0 heterocycles. The van der Waals surface area contributed by atoms with E-state index in [2.05, 4.69) is 27.4 Å². The fourth-order valence-electron chi connectivity index (χ4n) is 2.19. The predicted octanol–water partition coefficient (Wildman–Crippen LogP) is 1.56. The lowest BCUT2D eigenvalue weighted by molar-refractivity contribution is -0.127. The van der Waals surface area contributed by atoms with Crippen LogP contribution in [0.5, 0.6) is 0 Å². The maximum Gasteiger partial charge on any atom is 0.241 e. The number of rotatable bonds is 4. The van der Waals surface area contributed by atoms with Crippen LogP contribution in [0.15, 0.2) is 17.1 Å². The van der Waals surface area contributed by atoms with Crippen LogP contribution in [-0.2, 0) is 4.79 Å². The highest BCUT2D eigenvalue weighted by Gasteiger charge is 2.15. The second-order valence-electron chi connectivity index (χ2n) is 5.22. The van der Waals surface area contributed by atoms with Crippen molar-refractivity contribution >= 4 is 35.8 Å². The minimum Gasteiger partial charge on any atom is -0.347 e. The lowest BCUT2D eigenvalue weighted by atomic mass is 9.94. The molecule has 1 rings (SSSR count). The number of hydrogen-bond donors (Lipinski definition) is 1. The summed E-state index contributed by atoms with van der Waals surface area (Å²) in [7, 11) is 7.28. The Morgan fingerprint density at radius 3 is 2.55 bits per heavy atom. The van der Waals surface area contributed by atoms with Crippen LogP contribution < -0.4 is 5.32 Å². The molecule has 0 radical (unpaired) electrons. The van der Waals surface area contributed by atoms with Gasteiger partial charge in [0.05, 0.1) is 6.54 Å². The van der Waals surface area contributed by atoms with Gasteiger partial charge in [-0.3, -0.25) is 9.79 Å². The van der Waals surface area contributed by atoms with Crippen LogP contribution in [-0.4, -0.2) is 62.9 Å². The smallest absolute Gasteiger partial charge is 0.241 e. The fourth-order valence-corrected chi connectivity index (χ4v) is 2.19. The topological polar surface area (TPSA) is 47.9 Å². The number of carbonyl (C=O) groups excluding carboxylic acids is 1. The lowest BCUT2D eigenvalue weighted by Gasteiger charge is -2.27. The minimum atomic E-state index is 0. The van der Waals surface area contributed by atoms with Gasteiger partial charge in [-0.25, -0.2) is 0 Å². The minimum absolute atomic E-state index is 0. The average molecular weight is 394 g/mol. The molecule has 0 aromatic heterocycles. The SMILES string of the molecule is CN=C(NCC(=O)N(C)C)N(C)CC1CC=CCC1.I. The number of amides is 1. The molecule has 20 heavy (non-hydrogen) atoms. The summed E-state index contributed by atoms with van der Waals surface area (Å²) in [5.74, 6) is 1.51. The molecule has 116 valence electrons. The van der Waals surface area contributed by atoms with Gasteiger partial charge < -0.3 is 15.1 Å². The van der Waals surface area contributed by atoms with Crippen LogP contribution in [0, 0.1) is 5.92 Å². The first-order chi connectivity index (χ1) is 9.04. The Morgan fingerprint density at radius 2 is 2.05 bits per heavy atom. The van der Waals surface area contributed by atoms with Gasteiger partial charge >= 0.3 is 0 Å². The second kappa shape index (κ2) is 10.0. The monoisotopic (exact) mass is 394 g/mol. The van der Waals surface area contributed by atoms with Crippen molar-refractivity contribution in [2.45, 2.75) is 19.3 Å². The molecule has 1 aliphatic carbocycles. The van der Waals surface area contributed by atoms with Crippen LogP contribution in [0.1, 0.15) is 19.3 Å². The Bertz CT molecular complexity index is 355. The largest absolute Gasteiger partial charge is 0.347 e. The third-order valence-corrected chi connectivity index (χ3v) is 3.38. The Balaban J connectivity index is 0.00000361. The molecular formula is C14H27IN4O. The zero-order chi connectivity index (χ0) is 14.3. The van der Waals surface area contributed by atoms with Gasteiger partial charge in [-0.2, -0.15) is 0 Å². The van der Waals surface area contributed by atoms with E-state index in [9.17, 15) is 4.79 Å². The van der Waals surface area contributed by atoms with E-state index in [0.29, 0.717) is 5.92 Å². The van der Waals surface area contributed by atoms with Gasteiger partial charge in [-0.05, 0) is 25.2 Å². The number of aliphatic imine (C=N–C) groups is 1. The summed E-state index contributed by atoms with van der Waals surface area (Å²) in [4.78, 5) is 19.5. The first kappa shape index (κ1) is 19.2. The van der Waals surface area contributed by atoms with E-state index < -0.39 is 0 Å². The summed E-state index contributed by atoms with van der Waals surface area (Å²) in [5.41, 5.74) is 0. The van der Waals surface area contributed by atoms with Gasteiger partial charge in [-0.1, -0.05) is 12.2 Å². The quantitative estimate of drug-likeness (QED) is 0.341. The molecule has 1 N–H and O–H groups in total. The molecule has 0 aliphatic heterocycles. The van der Waals surface area contributed by atoms with Crippen molar-refractivity contribution in [3.8, 4) is 0 Å². The van der Waals surface area contributed by atoms with Crippen LogP contribution in [0.2, 0.25) is 0 Å². The molecule has 1 amide bonds. The van der Waals surface area contributed by atoms with Gasteiger partial charge in [0.25, 0.3) is 0 Å². The number of nitrogens with zero attached hydrogens (tertiary/aromatic N) is 3. The van der Waals surface area contributed by atoms with Crippen molar-refractivity contribution < 1.29 is 4.79 Å². The molecule has 6 heteroatoms. The summed E-state index contributed by atoms with van der Waals surface area (Å²) >= 11 is 0. The molecule has 0 saturated heterocycles. The molecule has 0 aromatic rings. The first-order valence-electron chi connectivity index (χ1n) is 6.81. The van der Waals surface area contributed by atoms with Crippen LogP contribution >= 0.6 is 24.0 Å². The summed E-state index contributed by atoms with van der Waals surface area (Å²) < 4.78 is 0. The van der Waals surface area contributed by atoms with Crippen molar-refractivity contribution in [2.75, 3.05) is 41.3 Å². The van der Waals surface area contributed by atoms with Crippen molar-refractivity contribution in [3.05, 3.63) is 12.2 Å². The zero-order valence-corrected chi connectivity index (χ0v) is 15.3. The molecule has 0 spiro atoms. The predicted molar refractivity (Wildman–Crippen MR) is 94.6 cm³/mol. The standard InChI is InChI=1S/C14H26N4O.HI/c1-15-14(16-10-13(19)17(2)3)18(4)11-12-8-6-5-7-9-12;/h5-6,12H,7-11H2,1-4H3,(H,15,16);1H. The van der Waals surface area contributed by atoms with Gasteiger partial charge in [0.1, 0.15) is 0 Å². The number of allylic oxidation sites excluding steroid dienone is 2. The Morgan fingerprint density at radius 1 is 1.35 bits per heavy atom. The van der Waals surface area contributed by atoms with E-state index in [0.717, 1.165) is 18.9 Å². The van der Waals surface area contributed by atoms with E-state index in [-0.39, 0.29) is 36.4 Å². The van der Waals surface area contributed by atoms with Crippen LogP contribution in [0.3, 0.4) is 0 Å². The number of hydrogen-bond acceptors (Lipinski definition) is 2. The molecule has 1 aliphatic rings. The Hall–Kier alpha value is -0.790. The van der Waals surface area contributed by atoms with Crippen LogP contribution in [0.4, 0.5) is 0 Å². The summed E-state index contributed by atoms with van der Waals surface area (Å²) in [6, 6.07) is 0. The summed E-state index contributed by atoms with van der Waals surface area (Å²) in [6.45, 7) is 1.26. The van der Waals surface area contributed by atoms with E-state index in [1.165, 1.54) is 12.8 Å². The molecule has 1 atom stereocenters. The maximum absolute atomic E-state index is 11.6. The number of guanidine groups is 1. The van der Waals surface area contributed by atoms with Crippen molar-refractivity contribution in [1.29, 1.82) is 0 Å². The third kappa shape index (κ3) is 6.58. The van der Waals surface area contributed by atoms with Gasteiger partial charge in [0, 0.05) is 34.7 Å². The highest BCUT2D eigenvalue weighted by atomic mass is 127. The van der Waals surface area contributed by atoms with Crippen molar-refractivity contribution in [1.82, 2.24) is 15.1 Å².